The van der Waals surface area contributed by atoms with Crippen molar-refractivity contribution in [3.8, 4) is 0 Å². The predicted octanol–water partition coefficient (Wildman–Crippen LogP) is -0.920. The van der Waals surface area contributed by atoms with Crippen molar-refractivity contribution >= 4 is 11.9 Å². The summed E-state index contributed by atoms with van der Waals surface area (Å²) in [5, 5.41) is 20.1. The summed E-state index contributed by atoms with van der Waals surface area (Å²) in [6.45, 7) is 0. The number of halogens is 5. The molecule has 0 saturated heterocycles. The Morgan fingerprint density at radius 1 is 1.00 bits per heavy atom. The Morgan fingerprint density at radius 3 is 1.62 bits per heavy atom. The summed E-state index contributed by atoms with van der Waals surface area (Å²) in [5.74, 6) is -12.2. The van der Waals surface area contributed by atoms with Crippen LogP contribution >= 0.6 is 0 Å². The van der Waals surface area contributed by atoms with Crippen LogP contribution in [0.15, 0.2) is 0 Å². The second kappa shape index (κ2) is 4.62. The Morgan fingerprint density at radius 2 is 1.38 bits per heavy atom. The topological polar surface area (TPSA) is 80.3 Å². The number of carboxylic acids is 2. The molecule has 0 aliphatic heterocycles. The number of carboxylic acid groups (broad SMARTS) is 2. The van der Waals surface area contributed by atoms with Crippen molar-refractivity contribution < 1.29 is 41.8 Å². The highest BCUT2D eigenvalue weighted by atomic mass is 19.4. The van der Waals surface area contributed by atoms with Gasteiger partial charge in [0, 0.05) is 12.3 Å². The highest BCUT2D eigenvalue weighted by molar-refractivity contribution is 5.90. The molecular weight excluding hydrogens is 243 g/mol. The van der Waals surface area contributed by atoms with Crippen molar-refractivity contribution in [2.24, 2.45) is 5.92 Å². The fourth-order valence-electron chi connectivity index (χ4n) is 0.799. The average Bonchev–Trinajstić information content (AvgIpc) is 1.99. The quantitative estimate of drug-likeness (QED) is 0.465. The largest absolute Gasteiger partial charge is 0.549 e. The van der Waals surface area contributed by atoms with Crippen molar-refractivity contribution in [3.63, 3.8) is 0 Å². The van der Waals surface area contributed by atoms with E-state index in [1.807, 2.05) is 0 Å². The van der Waals surface area contributed by atoms with Gasteiger partial charge >= 0.3 is 12.1 Å². The van der Waals surface area contributed by atoms with E-state index in [1.54, 1.807) is 0 Å². The third kappa shape index (κ3) is 3.63. The number of hydrogen-bond donors (Lipinski definition) is 0. The zero-order valence-electron chi connectivity index (χ0n) is 7.51. The van der Waals surface area contributed by atoms with Crippen molar-refractivity contribution in [1.29, 1.82) is 0 Å². The first kappa shape index (κ1) is 14.6. The van der Waals surface area contributed by atoms with Gasteiger partial charge in [0.1, 0.15) is 0 Å². The Balaban J connectivity index is 4.54. The maximum Gasteiger partial charge on any atom is 0.453 e. The first-order valence-electron chi connectivity index (χ1n) is 3.85. The van der Waals surface area contributed by atoms with Gasteiger partial charge in [-0.15, -0.1) is 0 Å². The van der Waals surface area contributed by atoms with E-state index in [9.17, 15) is 41.8 Å². The highest BCUT2D eigenvalue weighted by Crippen LogP contribution is 2.39. The van der Waals surface area contributed by atoms with Crippen LogP contribution in [0.2, 0.25) is 0 Å². The summed E-state index contributed by atoms with van der Waals surface area (Å²) in [7, 11) is 0. The van der Waals surface area contributed by atoms with Crippen molar-refractivity contribution in [3.05, 3.63) is 0 Å². The Kier molecular flexibility index (Phi) is 4.21. The van der Waals surface area contributed by atoms with Crippen LogP contribution in [-0.2, 0) is 9.59 Å². The van der Waals surface area contributed by atoms with E-state index in [1.165, 1.54) is 0 Å². The molecule has 0 fully saturated rings. The lowest BCUT2D eigenvalue weighted by Crippen LogP contribution is -2.45. The van der Waals surface area contributed by atoms with E-state index < -0.39 is 42.8 Å². The molecular formula is C7H5F5O4-2. The van der Waals surface area contributed by atoms with Crippen LogP contribution in [0.4, 0.5) is 22.0 Å². The molecule has 0 spiro atoms. The van der Waals surface area contributed by atoms with Gasteiger partial charge in [0.05, 0.1) is 11.9 Å². The SMILES string of the molecule is O=C([O-])C(CCC(F)(F)C(F)(F)F)C(=O)[O-]. The van der Waals surface area contributed by atoms with E-state index in [0.29, 0.717) is 0 Å². The zero-order valence-corrected chi connectivity index (χ0v) is 7.51. The van der Waals surface area contributed by atoms with Crippen LogP contribution in [0, 0.1) is 5.92 Å². The van der Waals surface area contributed by atoms with Crippen molar-refractivity contribution in [2.45, 2.75) is 24.9 Å². The molecule has 0 aromatic heterocycles. The smallest absolute Gasteiger partial charge is 0.453 e. The molecule has 0 N–H and O–H groups in total. The fraction of sp³-hybridized carbons (Fsp3) is 0.714. The first-order chi connectivity index (χ1) is 6.99. The van der Waals surface area contributed by atoms with Gasteiger partial charge in [0.25, 0.3) is 0 Å². The maximum absolute atomic E-state index is 12.3. The summed E-state index contributed by atoms with van der Waals surface area (Å²) in [4.78, 5) is 20.1. The normalized spacial score (nSPS) is 12.9. The molecule has 0 aromatic rings. The molecule has 4 nitrogen and oxygen atoms in total. The fourth-order valence-corrected chi connectivity index (χ4v) is 0.799. The maximum atomic E-state index is 12.3. The molecule has 94 valence electrons. The average molecular weight is 248 g/mol. The predicted molar refractivity (Wildman–Crippen MR) is 33.7 cm³/mol. The third-order valence-corrected chi connectivity index (χ3v) is 1.73. The van der Waals surface area contributed by atoms with Gasteiger partial charge in [-0.05, 0) is 6.42 Å². The van der Waals surface area contributed by atoms with E-state index in [-0.39, 0.29) is 0 Å². The van der Waals surface area contributed by atoms with Crippen LogP contribution in [0.25, 0.3) is 0 Å². The van der Waals surface area contributed by atoms with Crippen LogP contribution in [0.5, 0.6) is 0 Å². The van der Waals surface area contributed by atoms with E-state index in [4.69, 9.17) is 0 Å². The summed E-state index contributed by atoms with van der Waals surface area (Å²) >= 11 is 0. The van der Waals surface area contributed by atoms with Crippen LogP contribution in [0.1, 0.15) is 12.8 Å². The lowest BCUT2D eigenvalue weighted by molar-refractivity contribution is -0.333. The molecule has 0 atom stereocenters. The second-order valence-corrected chi connectivity index (χ2v) is 2.93. The van der Waals surface area contributed by atoms with Gasteiger partial charge in [0.2, 0.25) is 0 Å². The van der Waals surface area contributed by atoms with E-state index in [2.05, 4.69) is 0 Å². The standard InChI is InChI=1S/C7H7F5O4/c8-6(9,7(10,11)12)2-1-3(4(13)14)5(15)16/h3H,1-2H2,(H,13,14)(H,15,16)/p-2. The van der Waals surface area contributed by atoms with Gasteiger partial charge in [-0.3, -0.25) is 0 Å². The number of carbonyl (C=O) groups excluding carboxylic acids is 2. The summed E-state index contributed by atoms with van der Waals surface area (Å²) in [5.41, 5.74) is 0. The minimum absolute atomic E-state index is 1.42. The monoisotopic (exact) mass is 248 g/mol. The van der Waals surface area contributed by atoms with Crippen molar-refractivity contribution in [2.75, 3.05) is 0 Å². The van der Waals surface area contributed by atoms with Crippen molar-refractivity contribution in [1.82, 2.24) is 0 Å². The van der Waals surface area contributed by atoms with Crippen LogP contribution in [0.3, 0.4) is 0 Å². The second-order valence-electron chi connectivity index (χ2n) is 2.93. The van der Waals surface area contributed by atoms with E-state index in [0.717, 1.165) is 0 Å². The third-order valence-electron chi connectivity index (χ3n) is 1.73. The van der Waals surface area contributed by atoms with Gasteiger partial charge in [-0.25, -0.2) is 0 Å². The number of alkyl halides is 5. The highest BCUT2D eigenvalue weighted by Gasteiger charge is 2.56. The van der Waals surface area contributed by atoms with Gasteiger partial charge in [0.15, 0.2) is 0 Å². The minimum Gasteiger partial charge on any atom is -0.549 e. The molecule has 0 aliphatic carbocycles. The first-order valence-corrected chi connectivity index (χ1v) is 3.85. The molecule has 0 radical (unpaired) electrons. The molecule has 9 heteroatoms. The number of rotatable bonds is 5. The molecule has 0 heterocycles. The molecule has 0 amide bonds. The lowest BCUT2D eigenvalue weighted by atomic mass is 10.0. The number of hydrogen-bond acceptors (Lipinski definition) is 4. The minimum atomic E-state index is -5.85. The number of carbonyl (C=O) groups is 2. The molecule has 0 unspecified atom stereocenters. The summed E-state index contributed by atoms with van der Waals surface area (Å²) < 4.78 is 59.4. The molecule has 0 aliphatic rings. The zero-order chi connectivity index (χ0) is 13.1. The molecule has 0 rings (SSSR count). The molecule has 0 saturated carbocycles. The van der Waals surface area contributed by atoms with Gasteiger partial charge < -0.3 is 19.8 Å². The van der Waals surface area contributed by atoms with Crippen LogP contribution in [-0.4, -0.2) is 24.0 Å². The summed E-state index contributed by atoms with van der Waals surface area (Å²) in [6.07, 6.45) is -9.23. The Bertz CT molecular complexity index is 271. The van der Waals surface area contributed by atoms with Gasteiger partial charge in [-0.2, -0.15) is 22.0 Å². The Labute approximate surface area is 85.7 Å². The molecule has 0 aromatic carbocycles. The summed E-state index contributed by atoms with van der Waals surface area (Å²) in [6, 6.07) is 0. The molecule has 0 bridgehead atoms. The molecule has 16 heavy (non-hydrogen) atoms. The van der Waals surface area contributed by atoms with Gasteiger partial charge in [-0.1, -0.05) is 0 Å². The lowest BCUT2D eigenvalue weighted by Gasteiger charge is -2.23. The van der Waals surface area contributed by atoms with Crippen LogP contribution < -0.4 is 10.2 Å². The number of aliphatic carboxylic acids is 2. The van der Waals surface area contributed by atoms with E-state index >= 15 is 0 Å². The Hall–Kier alpha value is -1.41.